The summed E-state index contributed by atoms with van der Waals surface area (Å²) in [6.45, 7) is 0.367. The highest BCUT2D eigenvalue weighted by molar-refractivity contribution is 9.10. The molecule has 2 rings (SSSR count). The van der Waals surface area contributed by atoms with Crippen LogP contribution in [0.4, 0.5) is 4.39 Å². The molecule has 94 valence electrons. The molecule has 1 saturated carbocycles. The number of halogens is 2. The summed E-state index contributed by atoms with van der Waals surface area (Å²) in [5, 5.41) is 0.578. The van der Waals surface area contributed by atoms with Crippen molar-refractivity contribution in [1.82, 2.24) is 0 Å². The first kappa shape index (κ1) is 13.4. The van der Waals surface area contributed by atoms with Gasteiger partial charge in [0.05, 0.1) is 4.47 Å². The molecule has 1 aliphatic carbocycles. The Balaban J connectivity index is 2.12. The Bertz CT molecular complexity index is 391. The van der Waals surface area contributed by atoms with Crippen molar-refractivity contribution in [1.29, 1.82) is 0 Å². The molecule has 17 heavy (non-hydrogen) atoms. The lowest BCUT2D eigenvalue weighted by molar-refractivity contribution is 0.514. The largest absolute Gasteiger partial charge is 0.326 e. The van der Waals surface area contributed by atoms with Gasteiger partial charge in [-0.25, -0.2) is 4.39 Å². The Morgan fingerprint density at radius 2 is 2.00 bits per heavy atom. The van der Waals surface area contributed by atoms with Crippen LogP contribution in [0.2, 0.25) is 0 Å². The third kappa shape index (κ3) is 3.24. The van der Waals surface area contributed by atoms with Crippen LogP contribution in [0.3, 0.4) is 0 Å². The van der Waals surface area contributed by atoms with E-state index in [1.807, 2.05) is 12.1 Å². The minimum Gasteiger partial charge on any atom is -0.326 e. The lowest BCUT2D eigenvalue weighted by Crippen LogP contribution is -2.08. The fourth-order valence-electron chi connectivity index (χ4n) is 2.18. The summed E-state index contributed by atoms with van der Waals surface area (Å²) in [4.78, 5) is 0.751. The Morgan fingerprint density at radius 1 is 1.29 bits per heavy atom. The zero-order chi connectivity index (χ0) is 12.3. The number of hydrogen-bond donors (Lipinski definition) is 1. The highest BCUT2D eigenvalue weighted by atomic mass is 79.9. The molecule has 1 nitrogen and oxygen atoms in total. The summed E-state index contributed by atoms with van der Waals surface area (Å²) in [7, 11) is 0. The molecule has 0 aromatic heterocycles. The summed E-state index contributed by atoms with van der Waals surface area (Å²) in [6.07, 6.45) is 6.30. The minimum atomic E-state index is -0.150. The van der Waals surface area contributed by atoms with E-state index in [1.54, 1.807) is 11.8 Å². The second-order valence-electron chi connectivity index (χ2n) is 4.43. The zero-order valence-electron chi connectivity index (χ0n) is 9.72. The van der Waals surface area contributed by atoms with Crippen LogP contribution in [-0.2, 0) is 6.54 Å². The highest BCUT2D eigenvalue weighted by Crippen LogP contribution is 2.37. The van der Waals surface area contributed by atoms with Crippen LogP contribution in [-0.4, -0.2) is 5.25 Å². The van der Waals surface area contributed by atoms with Crippen LogP contribution in [0.15, 0.2) is 21.5 Å². The van der Waals surface area contributed by atoms with Crippen molar-refractivity contribution < 1.29 is 4.39 Å². The summed E-state index contributed by atoms with van der Waals surface area (Å²) >= 11 is 4.97. The SMILES string of the molecule is NCc1ccc(SC2CCCCC2)c(F)c1Br. The third-order valence-corrected chi connectivity index (χ3v) is 5.42. The van der Waals surface area contributed by atoms with Crippen molar-refractivity contribution in [2.45, 2.75) is 48.8 Å². The van der Waals surface area contributed by atoms with Crippen molar-refractivity contribution in [3.05, 3.63) is 28.0 Å². The molecule has 0 saturated heterocycles. The van der Waals surface area contributed by atoms with E-state index in [1.165, 1.54) is 32.1 Å². The molecule has 2 N–H and O–H groups in total. The molecule has 0 heterocycles. The molecule has 0 radical (unpaired) electrons. The monoisotopic (exact) mass is 317 g/mol. The van der Waals surface area contributed by atoms with Crippen LogP contribution in [0.1, 0.15) is 37.7 Å². The number of rotatable bonds is 3. The second-order valence-corrected chi connectivity index (χ2v) is 6.57. The maximum absolute atomic E-state index is 14.1. The standard InChI is InChI=1S/C13H17BrFNS/c14-12-9(8-16)6-7-11(13(12)15)17-10-4-2-1-3-5-10/h6-7,10H,1-5,8,16H2. The van der Waals surface area contributed by atoms with E-state index in [9.17, 15) is 4.39 Å². The maximum Gasteiger partial charge on any atom is 0.151 e. The van der Waals surface area contributed by atoms with E-state index in [0.29, 0.717) is 16.3 Å². The summed E-state index contributed by atoms with van der Waals surface area (Å²) in [5.74, 6) is -0.150. The van der Waals surface area contributed by atoms with E-state index in [4.69, 9.17) is 5.73 Å². The Morgan fingerprint density at radius 3 is 2.65 bits per heavy atom. The van der Waals surface area contributed by atoms with Gasteiger partial charge in [-0.3, -0.25) is 0 Å². The second kappa shape index (κ2) is 6.21. The molecule has 0 unspecified atom stereocenters. The normalized spacial score (nSPS) is 17.4. The van der Waals surface area contributed by atoms with Gasteiger partial charge in [-0.1, -0.05) is 25.3 Å². The third-order valence-electron chi connectivity index (χ3n) is 3.19. The molecular weight excluding hydrogens is 301 g/mol. The molecule has 1 aliphatic rings. The molecule has 0 spiro atoms. The number of nitrogens with two attached hydrogens (primary N) is 1. The first-order valence-electron chi connectivity index (χ1n) is 6.06. The van der Waals surface area contributed by atoms with Crippen molar-refractivity contribution >= 4 is 27.7 Å². The maximum atomic E-state index is 14.1. The topological polar surface area (TPSA) is 26.0 Å². The van der Waals surface area contributed by atoms with Crippen molar-refractivity contribution in [2.24, 2.45) is 5.73 Å². The summed E-state index contributed by atoms with van der Waals surface area (Å²) in [5.41, 5.74) is 6.38. The van der Waals surface area contributed by atoms with Gasteiger partial charge in [0.25, 0.3) is 0 Å². The Hall–Kier alpha value is -0.0600. The quantitative estimate of drug-likeness (QED) is 0.890. The molecule has 1 aromatic rings. The lowest BCUT2D eigenvalue weighted by Gasteiger charge is -2.21. The highest BCUT2D eigenvalue weighted by Gasteiger charge is 2.18. The first-order chi connectivity index (χ1) is 8.22. The van der Waals surface area contributed by atoms with E-state index in [-0.39, 0.29) is 5.82 Å². The smallest absolute Gasteiger partial charge is 0.151 e. The van der Waals surface area contributed by atoms with E-state index in [2.05, 4.69) is 15.9 Å². The van der Waals surface area contributed by atoms with Gasteiger partial charge in [-0.2, -0.15) is 0 Å². The average molecular weight is 318 g/mol. The predicted octanol–water partition coefficient (Wildman–Crippen LogP) is 4.47. The van der Waals surface area contributed by atoms with Crippen LogP contribution < -0.4 is 5.73 Å². The zero-order valence-corrected chi connectivity index (χ0v) is 12.1. The Labute approximate surface area is 114 Å². The molecular formula is C13H17BrFNS. The van der Waals surface area contributed by atoms with Crippen molar-refractivity contribution in [3.8, 4) is 0 Å². The fraction of sp³-hybridized carbons (Fsp3) is 0.538. The van der Waals surface area contributed by atoms with Gasteiger partial charge in [0.15, 0.2) is 5.82 Å². The molecule has 0 amide bonds. The first-order valence-corrected chi connectivity index (χ1v) is 7.73. The predicted molar refractivity (Wildman–Crippen MR) is 74.7 cm³/mol. The minimum absolute atomic E-state index is 0.150. The van der Waals surface area contributed by atoms with E-state index < -0.39 is 0 Å². The molecule has 1 aromatic carbocycles. The van der Waals surface area contributed by atoms with Crippen LogP contribution in [0, 0.1) is 5.82 Å². The van der Waals surface area contributed by atoms with Crippen molar-refractivity contribution in [2.75, 3.05) is 0 Å². The van der Waals surface area contributed by atoms with Gasteiger partial charge < -0.3 is 5.73 Å². The molecule has 4 heteroatoms. The summed E-state index contributed by atoms with van der Waals surface area (Å²) < 4.78 is 14.6. The van der Waals surface area contributed by atoms with E-state index >= 15 is 0 Å². The van der Waals surface area contributed by atoms with Crippen LogP contribution in [0.5, 0.6) is 0 Å². The molecule has 0 atom stereocenters. The van der Waals surface area contributed by atoms with Gasteiger partial charge in [0.1, 0.15) is 0 Å². The van der Waals surface area contributed by atoms with E-state index in [0.717, 1.165) is 10.5 Å². The van der Waals surface area contributed by atoms with Gasteiger partial charge in [0, 0.05) is 16.7 Å². The lowest BCUT2D eigenvalue weighted by atomic mass is 10.0. The average Bonchev–Trinajstić information content (AvgIpc) is 2.37. The van der Waals surface area contributed by atoms with Crippen LogP contribution >= 0.6 is 27.7 Å². The number of benzene rings is 1. The van der Waals surface area contributed by atoms with Crippen molar-refractivity contribution in [3.63, 3.8) is 0 Å². The van der Waals surface area contributed by atoms with Gasteiger partial charge in [0.2, 0.25) is 0 Å². The molecule has 0 bridgehead atoms. The number of thioether (sulfide) groups is 1. The fourth-order valence-corrected chi connectivity index (χ4v) is 4.10. The van der Waals surface area contributed by atoms with Gasteiger partial charge in [-0.05, 0) is 40.4 Å². The molecule has 1 fully saturated rings. The van der Waals surface area contributed by atoms with Crippen LogP contribution in [0.25, 0.3) is 0 Å². The van der Waals surface area contributed by atoms with Gasteiger partial charge >= 0.3 is 0 Å². The molecule has 0 aliphatic heterocycles. The Kier molecular flexibility index (Phi) is 4.88. The van der Waals surface area contributed by atoms with Gasteiger partial charge in [-0.15, -0.1) is 11.8 Å². The summed E-state index contributed by atoms with van der Waals surface area (Å²) in [6, 6.07) is 3.78. The number of hydrogen-bond acceptors (Lipinski definition) is 2.